The van der Waals surface area contributed by atoms with Gasteiger partial charge in [0.25, 0.3) is 0 Å². The van der Waals surface area contributed by atoms with E-state index in [2.05, 4.69) is 72.8 Å². The van der Waals surface area contributed by atoms with Crippen molar-refractivity contribution in [2.45, 2.75) is 0 Å². The lowest BCUT2D eigenvalue weighted by Crippen LogP contribution is -1.99. The molecule has 6 rings (SSSR count). The quantitative estimate of drug-likeness (QED) is 0.298. The van der Waals surface area contributed by atoms with Crippen molar-refractivity contribution >= 4 is 10.8 Å². The molecule has 32 heavy (non-hydrogen) atoms. The van der Waals surface area contributed by atoms with Crippen molar-refractivity contribution in [1.29, 1.82) is 0 Å². The molecular weight excluding hydrogens is 392 g/mol. The fraction of sp³-hybridized carbons (Fsp3) is 0. The van der Waals surface area contributed by atoms with Crippen LogP contribution in [0.5, 0.6) is 0 Å². The number of aromatic nitrogens is 2. The molecule has 0 fully saturated rings. The molecule has 0 aliphatic heterocycles. The van der Waals surface area contributed by atoms with Gasteiger partial charge in [-0.3, -0.25) is 0 Å². The maximum atomic E-state index is 6.60. The number of furan rings is 1. The Hall–Kier alpha value is -4.37. The highest BCUT2D eigenvalue weighted by molar-refractivity contribution is 6.04. The second kappa shape index (κ2) is 7.71. The van der Waals surface area contributed by atoms with Gasteiger partial charge in [0.15, 0.2) is 0 Å². The third-order valence-electron chi connectivity index (χ3n) is 5.72. The molecule has 0 aliphatic rings. The van der Waals surface area contributed by atoms with Crippen LogP contribution in [0.2, 0.25) is 0 Å². The monoisotopic (exact) mass is 412 g/mol. The van der Waals surface area contributed by atoms with Gasteiger partial charge in [0.05, 0.1) is 23.1 Å². The highest BCUT2D eigenvalue weighted by Gasteiger charge is 2.22. The van der Waals surface area contributed by atoms with Crippen molar-refractivity contribution in [3.63, 3.8) is 0 Å². The van der Waals surface area contributed by atoms with E-state index in [1.54, 1.807) is 0 Å². The van der Waals surface area contributed by atoms with Crippen molar-refractivity contribution in [3.8, 4) is 39.6 Å². The van der Waals surface area contributed by atoms with Crippen molar-refractivity contribution < 1.29 is 4.42 Å². The summed E-state index contributed by atoms with van der Waals surface area (Å²) in [5, 5.41) is 6.96. The van der Waals surface area contributed by atoms with E-state index in [0.29, 0.717) is 0 Å². The number of fused-ring (bicyclic) bond motifs is 1. The summed E-state index contributed by atoms with van der Waals surface area (Å²) < 4.78 is 8.59. The molecule has 3 nitrogen and oxygen atoms in total. The van der Waals surface area contributed by atoms with Gasteiger partial charge in [0.2, 0.25) is 0 Å². The number of rotatable bonds is 4. The third kappa shape index (κ3) is 3.03. The topological polar surface area (TPSA) is 31.0 Å². The molecule has 0 N–H and O–H groups in total. The molecule has 4 aromatic carbocycles. The van der Waals surface area contributed by atoms with E-state index in [-0.39, 0.29) is 0 Å². The van der Waals surface area contributed by atoms with Gasteiger partial charge in [-0.15, -0.1) is 0 Å². The smallest absolute Gasteiger partial charge is 0.146 e. The zero-order chi connectivity index (χ0) is 21.3. The van der Waals surface area contributed by atoms with E-state index in [0.717, 1.165) is 50.4 Å². The predicted octanol–water partition coefficient (Wildman–Crippen LogP) is 7.62. The lowest BCUT2D eigenvalue weighted by Gasteiger charge is -2.09. The third-order valence-corrected chi connectivity index (χ3v) is 5.72. The van der Waals surface area contributed by atoms with Gasteiger partial charge in [-0.2, -0.15) is 5.10 Å². The minimum absolute atomic E-state index is 0.834. The molecule has 0 aliphatic carbocycles. The molecule has 2 aromatic heterocycles. The number of benzene rings is 4. The van der Waals surface area contributed by atoms with Crippen LogP contribution in [0.25, 0.3) is 50.4 Å². The molecular formula is C29H20N2O. The summed E-state index contributed by atoms with van der Waals surface area (Å²) >= 11 is 0. The van der Waals surface area contributed by atoms with Crippen molar-refractivity contribution in [1.82, 2.24) is 9.78 Å². The Morgan fingerprint density at radius 3 is 1.72 bits per heavy atom. The summed E-state index contributed by atoms with van der Waals surface area (Å²) in [6, 6.07) is 39.2. The minimum atomic E-state index is 0.834. The Labute approximate surface area is 186 Å². The number of nitrogens with zero attached hydrogens (tertiary/aromatic N) is 2. The summed E-state index contributed by atoms with van der Waals surface area (Å²) in [6.45, 7) is 0. The van der Waals surface area contributed by atoms with E-state index in [9.17, 15) is 0 Å². The number of hydrogen-bond donors (Lipinski definition) is 0. The summed E-state index contributed by atoms with van der Waals surface area (Å²) in [6.07, 6.45) is 1.91. The SMILES string of the molecule is c1ccc(-c2oc(-c3cnn(-c4ccccc4)c3-c3ccccc3)c3ccccc23)cc1. The fourth-order valence-corrected chi connectivity index (χ4v) is 4.25. The predicted molar refractivity (Wildman–Crippen MR) is 130 cm³/mol. The molecule has 0 atom stereocenters. The van der Waals surface area contributed by atoms with Gasteiger partial charge >= 0.3 is 0 Å². The lowest BCUT2D eigenvalue weighted by molar-refractivity contribution is 0.602. The molecule has 0 radical (unpaired) electrons. The van der Waals surface area contributed by atoms with Crippen LogP contribution in [0.1, 0.15) is 0 Å². The first-order valence-electron chi connectivity index (χ1n) is 10.7. The molecule has 0 unspecified atom stereocenters. The highest BCUT2D eigenvalue weighted by Crippen LogP contribution is 2.42. The molecule has 0 saturated carbocycles. The first kappa shape index (κ1) is 18.4. The number of para-hydroxylation sites is 1. The van der Waals surface area contributed by atoms with Crippen LogP contribution in [0.4, 0.5) is 0 Å². The Morgan fingerprint density at radius 1 is 0.531 bits per heavy atom. The second-order valence-corrected chi connectivity index (χ2v) is 7.69. The Balaban J connectivity index is 1.65. The van der Waals surface area contributed by atoms with Crippen LogP contribution < -0.4 is 0 Å². The van der Waals surface area contributed by atoms with Gasteiger partial charge in [-0.25, -0.2) is 4.68 Å². The summed E-state index contributed by atoms with van der Waals surface area (Å²) in [7, 11) is 0. The van der Waals surface area contributed by atoms with Gasteiger partial charge in [-0.05, 0) is 12.1 Å². The van der Waals surface area contributed by atoms with Crippen LogP contribution in [0, 0.1) is 0 Å². The Morgan fingerprint density at radius 2 is 1.06 bits per heavy atom. The van der Waals surface area contributed by atoms with Gasteiger partial charge in [0, 0.05) is 21.9 Å². The Bertz CT molecular complexity index is 1500. The molecule has 152 valence electrons. The van der Waals surface area contributed by atoms with E-state index in [1.807, 2.05) is 53.3 Å². The second-order valence-electron chi connectivity index (χ2n) is 7.69. The summed E-state index contributed by atoms with van der Waals surface area (Å²) in [5.41, 5.74) is 5.14. The van der Waals surface area contributed by atoms with Gasteiger partial charge < -0.3 is 4.42 Å². The van der Waals surface area contributed by atoms with E-state index in [1.165, 1.54) is 0 Å². The molecule has 3 heteroatoms. The first-order valence-corrected chi connectivity index (χ1v) is 10.7. The van der Waals surface area contributed by atoms with Crippen LogP contribution in [-0.4, -0.2) is 9.78 Å². The van der Waals surface area contributed by atoms with E-state index in [4.69, 9.17) is 9.52 Å². The zero-order valence-corrected chi connectivity index (χ0v) is 17.3. The van der Waals surface area contributed by atoms with Gasteiger partial charge in [0.1, 0.15) is 11.5 Å². The number of hydrogen-bond acceptors (Lipinski definition) is 2. The van der Waals surface area contributed by atoms with E-state index >= 15 is 0 Å². The van der Waals surface area contributed by atoms with Crippen molar-refractivity contribution in [2.24, 2.45) is 0 Å². The maximum Gasteiger partial charge on any atom is 0.146 e. The maximum absolute atomic E-state index is 6.60. The van der Waals surface area contributed by atoms with Crippen molar-refractivity contribution in [3.05, 3.63) is 121 Å². The largest absolute Gasteiger partial charge is 0.455 e. The highest BCUT2D eigenvalue weighted by atomic mass is 16.3. The first-order chi connectivity index (χ1) is 15.9. The lowest BCUT2D eigenvalue weighted by atomic mass is 10.0. The average molecular weight is 412 g/mol. The molecule has 6 aromatic rings. The normalized spacial score (nSPS) is 11.1. The zero-order valence-electron chi connectivity index (χ0n) is 17.3. The standard InChI is InChI=1S/C29H20N2O/c1-4-12-21(13-5-1)27-26(20-30-31(27)23-16-8-3-9-17-23)29-25-19-11-10-18-24(25)28(32-29)22-14-6-2-7-15-22/h1-20H. The Kier molecular flexibility index (Phi) is 4.43. The molecule has 0 amide bonds. The average Bonchev–Trinajstić information content (AvgIpc) is 3.48. The van der Waals surface area contributed by atoms with Crippen LogP contribution in [0.3, 0.4) is 0 Å². The fourth-order valence-electron chi connectivity index (χ4n) is 4.25. The summed E-state index contributed by atoms with van der Waals surface area (Å²) in [4.78, 5) is 0. The van der Waals surface area contributed by atoms with Crippen LogP contribution >= 0.6 is 0 Å². The van der Waals surface area contributed by atoms with Crippen LogP contribution in [0.15, 0.2) is 126 Å². The summed E-state index contributed by atoms with van der Waals surface area (Å²) in [5.74, 6) is 1.71. The molecule has 0 saturated heterocycles. The molecule has 2 heterocycles. The van der Waals surface area contributed by atoms with Crippen molar-refractivity contribution in [2.75, 3.05) is 0 Å². The van der Waals surface area contributed by atoms with Gasteiger partial charge in [-0.1, -0.05) is 103 Å². The minimum Gasteiger partial charge on any atom is -0.455 e. The molecule has 0 spiro atoms. The van der Waals surface area contributed by atoms with E-state index < -0.39 is 0 Å². The van der Waals surface area contributed by atoms with Crippen LogP contribution in [-0.2, 0) is 0 Å². The molecule has 0 bridgehead atoms.